The number of aromatic nitrogens is 1. The molecule has 1 N–H and O–H groups in total. The lowest BCUT2D eigenvalue weighted by Crippen LogP contribution is -2.53. The SMILES string of the molecule is COC(=O)C1=C(CCc2nccs2)NC(CC(=O)N2CCN(C3CCC(N4CCCC4=O)CC3)CC2)=C(C(=O)OC)C1c1c(Cl)cccc1Cl. The molecule has 0 radical (unpaired) electrons. The Labute approximate surface area is 306 Å². The number of carbonyl (C=O) groups is 4. The number of aryl methyl sites for hydroxylation is 1. The fourth-order valence-electron chi connectivity index (χ4n) is 7.92. The van der Waals surface area contributed by atoms with E-state index in [9.17, 15) is 19.2 Å². The van der Waals surface area contributed by atoms with Gasteiger partial charge in [-0.3, -0.25) is 14.5 Å². The molecule has 1 aromatic heterocycles. The second-order valence-corrected chi connectivity index (χ2v) is 14.9. The van der Waals surface area contributed by atoms with Crippen LogP contribution in [0, 0.1) is 0 Å². The van der Waals surface area contributed by atoms with Crippen LogP contribution in [-0.4, -0.2) is 102 Å². The minimum Gasteiger partial charge on any atom is -0.466 e. The molecule has 2 aromatic rings. The third kappa shape index (κ3) is 7.73. The molecule has 0 bridgehead atoms. The molecule has 268 valence electrons. The fraction of sp³-hybridized carbons (Fsp3) is 0.528. The van der Waals surface area contributed by atoms with Gasteiger partial charge in [-0.1, -0.05) is 29.3 Å². The van der Waals surface area contributed by atoms with Crippen LogP contribution < -0.4 is 5.32 Å². The molecule has 3 aliphatic heterocycles. The number of methoxy groups -OCH3 is 2. The lowest BCUT2D eigenvalue weighted by Gasteiger charge is -2.43. The van der Waals surface area contributed by atoms with Crippen molar-refractivity contribution in [1.29, 1.82) is 0 Å². The summed E-state index contributed by atoms with van der Waals surface area (Å²) in [5.41, 5.74) is 1.45. The summed E-state index contributed by atoms with van der Waals surface area (Å²) in [5, 5.41) is 6.57. The Morgan fingerprint density at radius 3 is 2.12 bits per heavy atom. The Hall–Kier alpha value is -3.45. The Morgan fingerprint density at radius 1 is 0.900 bits per heavy atom. The van der Waals surface area contributed by atoms with Gasteiger partial charge in [-0.15, -0.1) is 11.3 Å². The van der Waals surface area contributed by atoms with Gasteiger partial charge in [0, 0.05) is 96.2 Å². The first kappa shape index (κ1) is 36.3. The second kappa shape index (κ2) is 16.3. The van der Waals surface area contributed by atoms with E-state index in [1.54, 1.807) is 24.4 Å². The van der Waals surface area contributed by atoms with Crippen LogP contribution in [0.2, 0.25) is 10.0 Å². The van der Waals surface area contributed by atoms with Crippen molar-refractivity contribution in [1.82, 2.24) is 25.0 Å². The molecule has 1 aromatic carbocycles. The van der Waals surface area contributed by atoms with E-state index in [2.05, 4.69) is 20.1 Å². The van der Waals surface area contributed by atoms with Gasteiger partial charge in [0.25, 0.3) is 0 Å². The minimum atomic E-state index is -1.05. The maximum atomic E-state index is 14.0. The van der Waals surface area contributed by atoms with Crippen molar-refractivity contribution in [3.05, 3.63) is 72.9 Å². The van der Waals surface area contributed by atoms with Crippen molar-refractivity contribution in [3.63, 3.8) is 0 Å². The third-order valence-corrected chi connectivity index (χ3v) is 11.9. The van der Waals surface area contributed by atoms with Crippen LogP contribution in [0.15, 0.2) is 52.3 Å². The number of carbonyl (C=O) groups excluding carboxylic acids is 4. The number of likely N-dealkylation sites (tertiary alicyclic amines) is 1. The van der Waals surface area contributed by atoms with Crippen LogP contribution in [0.5, 0.6) is 0 Å². The lowest BCUT2D eigenvalue weighted by molar-refractivity contribution is -0.137. The summed E-state index contributed by atoms with van der Waals surface area (Å²) >= 11 is 15.0. The summed E-state index contributed by atoms with van der Waals surface area (Å²) in [4.78, 5) is 64.2. The predicted octanol–water partition coefficient (Wildman–Crippen LogP) is 5.09. The molecule has 6 rings (SSSR count). The Balaban J connectivity index is 1.23. The number of dihydropyridines is 1. The normalized spacial score (nSPS) is 23.3. The number of halogens is 2. The average Bonchev–Trinajstić information content (AvgIpc) is 3.82. The first-order valence-corrected chi connectivity index (χ1v) is 18.9. The van der Waals surface area contributed by atoms with Gasteiger partial charge < -0.3 is 24.6 Å². The van der Waals surface area contributed by atoms with Crippen LogP contribution >= 0.6 is 34.5 Å². The fourth-order valence-corrected chi connectivity index (χ4v) is 9.16. The smallest absolute Gasteiger partial charge is 0.336 e. The molecule has 4 heterocycles. The molecule has 50 heavy (non-hydrogen) atoms. The summed E-state index contributed by atoms with van der Waals surface area (Å²) in [6.07, 6.45) is 8.25. The van der Waals surface area contributed by atoms with Crippen molar-refractivity contribution in [2.45, 2.75) is 75.8 Å². The monoisotopic (exact) mass is 743 g/mol. The number of allylic oxidation sites excluding steroid dienone is 1. The molecule has 1 aliphatic carbocycles. The lowest BCUT2D eigenvalue weighted by atomic mass is 9.78. The molecule has 0 spiro atoms. The molecular formula is C36H43Cl2N5O6S. The van der Waals surface area contributed by atoms with Gasteiger partial charge in [0.05, 0.1) is 42.7 Å². The minimum absolute atomic E-state index is 0.0844. The van der Waals surface area contributed by atoms with Gasteiger partial charge in [-0.05, 0) is 50.7 Å². The predicted molar refractivity (Wildman–Crippen MR) is 191 cm³/mol. The summed E-state index contributed by atoms with van der Waals surface area (Å²) in [7, 11) is 2.54. The molecule has 4 aliphatic rings. The summed E-state index contributed by atoms with van der Waals surface area (Å²) in [6.45, 7) is 3.51. The number of nitrogens with zero attached hydrogens (tertiary/aromatic N) is 4. The van der Waals surface area contributed by atoms with Gasteiger partial charge in [-0.25, -0.2) is 14.6 Å². The number of amides is 2. The zero-order chi connectivity index (χ0) is 35.4. The average molecular weight is 745 g/mol. The zero-order valence-electron chi connectivity index (χ0n) is 28.4. The first-order valence-electron chi connectivity index (χ1n) is 17.2. The number of esters is 2. The molecule has 11 nitrogen and oxygen atoms in total. The van der Waals surface area contributed by atoms with Gasteiger partial charge in [0.15, 0.2) is 0 Å². The number of hydrogen-bond acceptors (Lipinski definition) is 10. The molecule has 1 saturated carbocycles. The number of benzene rings is 1. The van der Waals surface area contributed by atoms with Gasteiger partial charge in [0.1, 0.15) is 0 Å². The number of nitrogens with one attached hydrogen (secondary N) is 1. The molecule has 1 unspecified atom stereocenters. The summed E-state index contributed by atoms with van der Waals surface area (Å²) in [5.74, 6) is -2.26. The van der Waals surface area contributed by atoms with Gasteiger partial charge in [-0.2, -0.15) is 0 Å². The zero-order valence-corrected chi connectivity index (χ0v) is 30.7. The van der Waals surface area contributed by atoms with Crippen molar-refractivity contribution < 1.29 is 28.7 Å². The highest BCUT2D eigenvalue weighted by molar-refractivity contribution is 7.09. The number of hydrogen-bond donors (Lipinski definition) is 1. The molecular weight excluding hydrogens is 701 g/mol. The van der Waals surface area contributed by atoms with Crippen LogP contribution in [0.3, 0.4) is 0 Å². The van der Waals surface area contributed by atoms with Crippen LogP contribution in [-0.2, 0) is 35.1 Å². The van der Waals surface area contributed by atoms with E-state index < -0.39 is 17.9 Å². The highest BCUT2D eigenvalue weighted by Crippen LogP contribution is 2.46. The van der Waals surface area contributed by atoms with E-state index in [4.69, 9.17) is 32.7 Å². The second-order valence-electron chi connectivity index (χ2n) is 13.1. The van der Waals surface area contributed by atoms with Gasteiger partial charge in [0.2, 0.25) is 11.8 Å². The number of thiazole rings is 1. The highest BCUT2D eigenvalue weighted by atomic mass is 35.5. The van der Waals surface area contributed by atoms with Crippen LogP contribution in [0.4, 0.5) is 0 Å². The maximum Gasteiger partial charge on any atom is 0.336 e. The van der Waals surface area contributed by atoms with E-state index in [1.165, 1.54) is 25.6 Å². The standard InChI is InChI=1S/C36H43Cl2N5O6S/c1-48-35(46)32-26(12-13-28-39-14-20-50-28)40-27(33(36(47)49-2)34(32)31-24(37)5-3-6-25(31)38)21-30(45)42-18-16-41(17-19-42)22-8-10-23(11-9-22)43-15-4-7-29(43)44/h3,5-6,14,20,22-23,34,40H,4,7-13,15-19,21H2,1-2H3. The Morgan fingerprint density at radius 2 is 1.54 bits per heavy atom. The van der Waals surface area contributed by atoms with Crippen molar-refractivity contribution >= 4 is 58.3 Å². The number of rotatable bonds is 10. The van der Waals surface area contributed by atoms with Crippen molar-refractivity contribution in [2.75, 3.05) is 46.9 Å². The largest absolute Gasteiger partial charge is 0.466 e. The molecule has 2 saturated heterocycles. The quantitative estimate of drug-likeness (QED) is 0.332. The highest BCUT2D eigenvalue weighted by Gasteiger charge is 2.42. The summed E-state index contributed by atoms with van der Waals surface area (Å²) < 4.78 is 10.5. The van der Waals surface area contributed by atoms with E-state index in [1.807, 2.05) is 10.3 Å². The Kier molecular flexibility index (Phi) is 11.8. The van der Waals surface area contributed by atoms with E-state index in [-0.39, 0.29) is 33.5 Å². The van der Waals surface area contributed by atoms with Crippen molar-refractivity contribution in [2.24, 2.45) is 0 Å². The van der Waals surface area contributed by atoms with E-state index >= 15 is 0 Å². The topological polar surface area (TPSA) is 121 Å². The molecule has 2 amide bonds. The number of piperazine rings is 1. The maximum absolute atomic E-state index is 14.0. The van der Waals surface area contributed by atoms with E-state index in [0.717, 1.165) is 56.7 Å². The number of ether oxygens (including phenoxy) is 2. The summed E-state index contributed by atoms with van der Waals surface area (Å²) in [6, 6.07) is 5.78. The first-order chi connectivity index (χ1) is 24.2. The van der Waals surface area contributed by atoms with Crippen molar-refractivity contribution in [3.8, 4) is 0 Å². The van der Waals surface area contributed by atoms with E-state index in [0.29, 0.717) is 67.3 Å². The van der Waals surface area contributed by atoms with Crippen LogP contribution in [0.1, 0.15) is 67.9 Å². The molecule has 1 atom stereocenters. The Bertz CT molecular complexity index is 1640. The third-order valence-electron chi connectivity index (χ3n) is 10.4. The van der Waals surface area contributed by atoms with Crippen LogP contribution in [0.25, 0.3) is 0 Å². The molecule has 3 fully saturated rings. The van der Waals surface area contributed by atoms with Gasteiger partial charge >= 0.3 is 11.9 Å². The molecule has 14 heteroatoms.